The standard InChI is InChI=1S/C25H32N4O4/c1-32-20-6-7-21(22(17-20)33-2)27-24(30)18-9-14-28(15-10-18)23-16-19(8-11-26-23)25(31)29-12-4-3-5-13-29/h6-8,11,16-18H,3-5,9-10,12-15H2,1-2H3,(H,27,30). The molecule has 0 spiro atoms. The molecular weight excluding hydrogens is 420 g/mol. The van der Waals surface area contributed by atoms with E-state index in [2.05, 4.69) is 15.2 Å². The van der Waals surface area contributed by atoms with E-state index in [0.29, 0.717) is 35.8 Å². The van der Waals surface area contributed by atoms with E-state index >= 15 is 0 Å². The van der Waals surface area contributed by atoms with Gasteiger partial charge in [0.1, 0.15) is 17.3 Å². The molecule has 2 aromatic rings. The van der Waals surface area contributed by atoms with Crippen LogP contribution in [-0.4, -0.2) is 62.1 Å². The molecule has 176 valence electrons. The first-order valence-corrected chi connectivity index (χ1v) is 11.6. The van der Waals surface area contributed by atoms with Crippen LogP contribution in [0.4, 0.5) is 11.5 Å². The zero-order valence-corrected chi connectivity index (χ0v) is 19.4. The smallest absolute Gasteiger partial charge is 0.254 e. The molecule has 0 saturated carbocycles. The second-order valence-corrected chi connectivity index (χ2v) is 8.57. The van der Waals surface area contributed by atoms with Crippen molar-refractivity contribution in [1.29, 1.82) is 0 Å². The molecule has 2 aliphatic rings. The molecule has 0 bridgehead atoms. The molecule has 0 atom stereocenters. The van der Waals surface area contributed by atoms with Crippen LogP contribution in [0.1, 0.15) is 42.5 Å². The lowest BCUT2D eigenvalue weighted by molar-refractivity contribution is -0.120. The third-order valence-electron chi connectivity index (χ3n) is 6.49. The number of methoxy groups -OCH3 is 2. The lowest BCUT2D eigenvalue weighted by atomic mass is 9.95. The maximum atomic E-state index is 12.9. The summed E-state index contributed by atoms with van der Waals surface area (Å²) in [5.41, 5.74) is 1.32. The largest absolute Gasteiger partial charge is 0.497 e. The van der Waals surface area contributed by atoms with Gasteiger partial charge in [-0.25, -0.2) is 4.98 Å². The molecule has 2 aliphatic heterocycles. The van der Waals surface area contributed by atoms with Crippen molar-refractivity contribution in [2.45, 2.75) is 32.1 Å². The van der Waals surface area contributed by atoms with Crippen LogP contribution >= 0.6 is 0 Å². The molecular formula is C25H32N4O4. The van der Waals surface area contributed by atoms with Crippen LogP contribution in [0.15, 0.2) is 36.5 Å². The van der Waals surface area contributed by atoms with E-state index in [1.807, 2.05) is 11.0 Å². The quantitative estimate of drug-likeness (QED) is 0.721. The van der Waals surface area contributed by atoms with E-state index in [-0.39, 0.29) is 17.7 Å². The third-order valence-corrected chi connectivity index (χ3v) is 6.49. The molecule has 8 nitrogen and oxygen atoms in total. The third kappa shape index (κ3) is 5.38. The van der Waals surface area contributed by atoms with Gasteiger partial charge in [0.2, 0.25) is 5.91 Å². The number of hydrogen-bond acceptors (Lipinski definition) is 6. The van der Waals surface area contributed by atoms with Gasteiger partial charge in [-0.2, -0.15) is 0 Å². The summed E-state index contributed by atoms with van der Waals surface area (Å²) in [5, 5.41) is 2.99. The van der Waals surface area contributed by atoms with Crippen molar-refractivity contribution >= 4 is 23.3 Å². The normalized spacial score (nSPS) is 16.9. The fraction of sp³-hybridized carbons (Fsp3) is 0.480. The SMILES string of the molecule is COc1ccc(NC(=O)C2CCN(c3cc(C(=O)N4CCCCC4)ccn3)CC2)c(OC)c1. The van der Waals surface area contributed by atoms with Gasteiger partial charge in [0.15, 0.2) is 0 Å². The Morgan fingerprint density at radius 3 is 2.42 bits per heavy atom. The van der Waals surface area contributed by atoms with Crippen molar-refractivity contribution in [1.82, 2.24) is 9.88 Å². The van der Waals surface area contributed by atoms with Crippen molar-refractivity contribution in [2.24, 2.45) is 5.92 Å². The summed E-state index contributed by atoms with van der Waals surface area (Å²) in [6.45, 7) is 3.09. The minimum absolute atomic E-state index is 0.0138. The van der Waals surface area contributed by atoms with Gasteiger partial charge in [-0.1, -0.05) is 0 Å². The van der Waals surface area contributed by atoms with E-state index in [0.717, 1.165) is 44.6 Å². The fourth-order valence-electron chi connectivity index (χ4n) is 4.51. The zero-order chi connectivity index (χ0) is 23.2. The number of nitrogens with zero attached hydrogens (tertiary/aromatic N) is 3. The van der Waals surface area contributed by atoms with Crippen molar-refractivity contribution in [3.8, 4) is 11.5 Å². The van der Waals surface area contributed by atoms with Gasteiger partial charge in [0, 0.05) is 49.9 Å². The monoisotopic (exact) mass is 452 g/mol. The van der Waals surface area contributed by atoms with Crippen molar-refractivity contribution in [2.75, 3.05) is 50.6 Å². The Morgan fingerprint density at radius 2 is 1.73 bits per heavy atom. The topological polar surface area (TPSA) is 84.0 Å². The van der Waals surface area contributed by atoms with Crippen LogP contribution in [0, 0.1) is 5.92 Å². The van der Waals surface area contributed by atoms with Crippen LogP contribution in [0.5, 0.6) is 11.5 Å². The van der Waals surface area contributed by atoms with Gasteiger partial charge < -0.3 is 24.6 Å². The summed E-state index contributed by atoms with van der Waals surface area (Å²) in [7, 11) is 3.16. The van der Waals surface area contributed by atoms with Crippen molar-refractivity contribution in [3.63, 3.8) is 0 Å². The van der Waals surface area contributed by atoms with Gasteiger partial charge in [-0.3, -0.25) is 9.59 Å². The molecule has 1 aromatic carbocycles. The number of pyridine rings is 1. The van der Waals surface area contributed by atoms with Gasteiger partial charge in [0.25, 0.3) is 5.91 Å². The molecule has 0 aliphatic carbocycles. The molecule has 0 unspecified atom stereocenters. The average molecular weight is 453 g/mol. The minimum atomic E-state index is -0.0915. The summed E-state index contributed by atoms with van der Waals surface area (Å²) < 4.78 is 10.6. The van der Waals surface area contributed by atoms with Crippen LogP contribution in [0.25, 0.3) is 0 Å². The number of carbonyl (C=O) groups excluding carboxylic acids is 2. The van der Waals surface area contributed by atoms with Crippen LogP contribution in [0.3, 0.4) is 0 Å². The highest BCUT2D eigenvalue weighted by Gasteiger charge is 2.27. The van der Waals surface area contributed by atoms with Crippen LogP contribution in [-0.2, 0) is 4.79 Å². The number of piperidine rings is 2. The predicted octanol–water partition coefficient (Wildman–Crippen LogP) is 3.58. The van der Waals surface area contributed by atoms with E-state index < -0.39 is 0 Å². The summed E-state index contributed by atoms with van der Waals surface area (Å²) in [6.07, 6.45) is 6.48. The number of carbonyl (C=O) groups is 2. The van der Waals surface area contributed by atoms with Gasteiger partial charge in [0.05, 0.1) is 19.9 Å². The number of aromatic nitrogens is 1. The maximum absolute atomic E-state index is 12.9. The molecule has 1 N–H and O–H groups in total. The first-order chi connectivity index (χ1) is 16.1. The molecule has 33 heavy (non-hydrogen) atoms. The molecule has 8 heteroatoms. The first kappa shape index (κ1) is 22.9. The molecule has 2 fully saturated rings. The molecule has 2 amide bonds. The van der Waals surface area contributed by atoms with Gasteiger partial charge >= 0.3 is 0 Å². The minimum Gasteiger partial charge on any atom is -0.497 e. The van der Waals surface area contributed by atoms with Crippen molar-refractivity contribution < 1.29 is 19.1 Å². The Morgan fingerprint density at radius 1 is 0.970 bits per heavy atom. The average Bonchev–Trinajstić information content (AvgIpc) is 2.89. The molecule has 0 radical (unpaired) electrons. The number of anilines is 2. The van der Waals surface area contributed by atoms with Crippen LogP contribution < -0.4 is 19.7 Å². The number of likely N-dealkylation sites (tertiary alicyclic amines) is 1. The first-order valence-electron chi connectivity index (χ1n) is 11.6. The maximum Gasteiger partial charge on any atom is 0.254 e. The lowest BCUT2D eigenvalue weighted by Crippen LogP contribution is -2.39. The molecule has 1 aromatic heterocycles. The van der Waals surface area contributed by atoms with Gasteiger partial charge in [-0.15, -0.1) is 0 Å². The molecule has 3 heterocycles. The highest BCUT2D eigenvalue weighted by Crippen LogP contribution is 2.31. The Hall–Kier alpha value is -3.29. The number of nitrogens with one attached hydrogen (secondary N) is 1. The number of rotatable bonds is 6. The Balaban J connectivity index is 1.35. The van der Waals surface area contributed by atoms with Crippen LogP contribution in [0.2, 0.25) is 0 Å². The summed E-state index contributed by atoms with van der Waals surface area (Å²) in [6, 6.07) is 9.02. The molecule has 2 saturated heterocycles. The van der Waals surface area contributed by atoms with E-state index in [9.17, 15) is 9.59 Å². The van der Waals surface area contributed by atoms with E-state index in [4.69, 9.17) is 9.47 Å². The Bertz CT molecular complexity index is 982. The lowest BCUT2D eigenvalue weighted by Gasteiger charge is -2.32. The summed E-state index contributed by atoms with van der Waals surface area (Å²) in [5.74, 6) is 2.02. The highest BCUT2D eigenvalue weighted by atomic mass is 16.5. The second-order valence-electron chi connectivity index (χ2n) is 8.57. The van der Waals surface area contributed by atoms with Crippen molar-refractivity contribution in [3.05, 3.63) is 42.1 Å². The summed E-state index contributed by atoms with van der Waals surface area (Å²) in [4.78, 5) is 34.3. The van der Waals surface area contributed by atoms with E-state index in [1.54, 1.807) is 44.7 Å². The molecule has 4 rings (SSSR count). The number of amides is 2. The summed E-state index contributed by atoms with van der Waals surface area (Å²) >= 11 is 0. The highest BCUT2D eigenvalue weighted by molar-refractivity contribution is 5.95. The number of benzene rings is 1. The Labute approximate surface area is 194 Å². The fourth-order valence-corrected chi connectivity index (χ4v) is 4.51. The zero-order valence-electron chi connectivity index (χ0n) is 19.4. The Kier molecular flexibility index (Phi) is 7.32. The number of hydrogen-bond donors (Lipinski definition) is 1. The predicted molar refractivity (Wildman–Crippen MR) is 127 cm³/mol. The van der Waals surface area contributed by atoms with E-state index in [1.165, 1.54) is 6.42 Å². The number of ether oxygens (including phenoxy) is 2. The van der Waals surface area contributed by atoms with Gasteiger partial charge in [-0.05, 0) is 56.4 Å². The second kappa shape index (κ2) is 10.6.